The quantitative estimate of drug-likeness (QED) is 0.526. The maximum atomic E-state index is 11.4. The number of esters is 1. The molecule has 0 radical (unpaired) electrons. The van der Waals surface area contributed by atoms with Crippen molar-refractivity contribution in [3.63, 3.8) is 0 Å². The molecule has 0 atom stereocenters. The minimum absolute atomic E-state index is 0.0256. The van der Waals surface area contributed by atoms with Crippen molar-refractivity contribution in [2.24, 2.45) is 0 Å². The predicted octanol–water partition coefficient (Wildman–Crippen LogP) is -0.718. The van der Waals surface area contributed by atoms with Crippen LogP contribution in [0.4, 0.5) is 5.69 Å². The van der Waals surface area contributed by atoms with Crippen molar-refractivity contribution in [2.45, 2.75) is 13.0 Å². The van der Waals surface area contributed by atoms with Gasteiger partial charge in [0.2, 0.25) is 5.91 Å². The van der Waals surface area contributed by atoms with E-state index in [1.54, 1.807) is 0 Å². The first-order valence-corrected chi connectivity index (χ1v) is 5.13. The van der Waals surface area contributed by atoms with Gasteiger partial charge in [-0.05, 0) is 0 Å². The summed E-state index contributed by atoms with van der Waals surface area (Å²) >= 11 is 0. The van der Waals surface area contributed by atoms with E-state index in [1.165, 1.54) is 18.0 Å². The van der Waals surface area contributed by atoms with E-state index in [9.17, 15) is 9.59 Å². The zero-order chi connectivity index (χ0) is 13.5. The second-order valence-corrected chi connectivity index (χ2v) is 3.38. The normalized spacial score (nSPS) is 9.56. The molecule has 0 aromatic carbocycles. The first-order valence-electron chi connectivity index (χ1n) is 5.13. The van der Waals surface area contributed by atoms with Gasteiger partial charge in [0.1, 0.15) is 6.54 Å². The van der Waals surface area contributed by atoms with E-state index in [1.807, 2.05) is 6.07 Å². The maximum absolute atomic E-state index is 11.4. The Balaban J connectivity index is 2.61. The number of methoxy groups -OCH3 is 1. The van der Waals surface area contributed by atoms with Gasteiger partial charge in [-0.15, -0.1) is 0 Å². The number of nitrogens with two attached hydrogens (primary N) is 1. The number of nitrogens with one attached hydrogen (secondary N) is 1. The van der Waals surface area contributed by atoms with Crippen LogP contribution in [0.3, 0.4) is 0 Å². The summed E-state index contributed by atoms with van der Waals surface area (Å²) < 4.78 is 5.72. The summed E-state index contributed by atoms with van der Waals surface area (Å²) in [6.07, 6.45) is 1.61. The second kappa shape index (κ2) is 6.24. The van der Waals surface area contributed by atoms with Crippen molar-refractivity contribution >= 4 is 17.6 Å². The number of hydrogen-bond donors (Lipinski definition) is 2. The molecule has 0 fully saturated rings. The SMILES string of the molecule is COC(=O)c1nn(CC(=O)NCCC#N)cc1N. The van der Waals surface area contributed by atoms with Gasteiger partial charge in [0.05, 0.1) is 25.3 Å². The van der Waals surface area contributed by atoms with Crippen LogP contribution in [0.15, 0.2) is 6.20 Å². The minimum Gasteiger partial charge on any atom is -0.464 e. The molecule has 0 bridgehead atoms. The molecule has 1 rings (SSSR count). The van der Waals surface area contributed by atoms with Crippen molar-refractivity contribution in [3.8, 4) is 6.07 Å². The molecular formula is C10H13N5O3. The molecule has 96 valence electrons. The highest BCUT2D eigenvalue weighted by Crippen LogP contribution is 2.09. The number of nitrogens with zero attached hydrogens (tertiary/aromatic N) is 3. The lowest BCUT2D eigenvalue weighted by Gasteiger charge is -2.02. The fraction of sp³-hybridized carbons (Fsp3) is 0.400. The lowest BCUT2D eigenvalue weighted by molar-refractivity contribution is -0.121. The first kappa shape index (κ1) is 13.5. The van der Waals surface area contributed by atoms with Gasteiger partial charge in [0.25, 0.3) is 0 Å². The Morgan fingerprint density at radius 1 is 1.67 bits per heavy atom. The minimum atomic E-state index is -0.656. The lowest BCUT2D eigenvalue weighted by atomic mass is 10.4. The van der Waals surface area contributed by atoms with Crippen molar-refractivity contribution in [1.29, 1.82) is 5.26 Å². The van der Waals surface area contributed by atoms with Crippen molar-refractivity contribution in [2.75, 3.05) is 19.4 Å². The van der Waals surface area contributed by atoms with Crippen LogP contribution in [0.5, 0.6) is 0 Å². The molecule has 0 aliphatic heterocycles. The number of nitriles is 1. The molecule has 0 spiro atoms. The molecule has 8 nitrogen and oxygen atoms in total. The Hall–Kier alpha value is -2.56. The van der Waals surface area contributed by atoms with Gasteiger partial charge in [0, 0.05) is 12.7 Å². The Morgan fingerprint density at radius 2 is 2.39 bits per heavy atom. The van der Waals surface area contributed by atoms with Crippen LogP contribution in [0.2, 0.25) is 0 Å². The largest absolute Gasteiger partial charge is 0.464 e. The van der Waals surface area contributed by atoms with Crippen molar-refractivity contribution in [1.82, 2.24) is 15.1 Å². The molecule has 1 aromatic heterocycles. The van der Waals surface area contributed by atoms with E-state index in [4.69, 9.17) is 11.0 Å². The Kier molecular flexibility index (Phi) is 4.68. The van der Waals surface area contributed by atoms with Gasteiger partial charge < -0.3 is 15.8 Å². The standard InChI is InChI=1S/C10H13N5O3/c1-18-10(17)9-7(12)5-15(14-9)6-8(16)13-4-2-3-11/h5H,2,4,6,12H2,1H3,(H,13,16). The fourth-order valence-electron chi connectivity index (χ4n) is 1.23. The zero-order valence-electron chi connectivity index (χ0n) is 9.84. The average Bonchev–Trinajstić information content (AvgIpc) is 2.69. The number of nitrogen functional groups attached to an aromatic ring is 1. The number of hydrogen-bond acceptors (Lipinski definition) is 6. The van der Waals surface area contributed by atoms with Crippen LogP contribution in [-0.4, -0.2) is 35.3 Å². The van der Waals surface area contributed by atoms with Gasteiger partial charge in [-0.25, -0.2) is 4.79 Å². The van der Waals surface area contributed by atoms with Crippen molar-refractivity contribution in [3.05, 3.63) is 11.9 Å². The van der Waals surface area contributed by atoms with Gasteiger partial charge in [-0.1, -0.05) is 0 Å². The monoisotopic (exact) mass is 251 g/mol. The number of ether oxygens (including phenoxy) is 1. The number of carbonyl (C=O) groups is 2. The summed E-state index contributed by atoms with van der Waals surface area (Å²) in [5.74, 6) is -0.972. The third kappa shape index (κ3) is 3.48. The molecule has 0 saturated heterocycles. The zero-order valence-corrected chi connectivity index (χ0v) is 9.84. The van der Waals surface area contributed by atoms with Gasteiger partial charge >= 0.3 is 5.97 Å². The summed E-state index contributed by atoms with van der Waals surface area (Å²) in [5, 5.41) is 14.7. The smallest absolute Gasteiger partial charge is 0.360 e. The molecule has 0 aliphatic carbocycles. The second-order valence-electron chi connectivity index (χ2n) is 3.38. The van der Waals surface area contributed by atoms with E-state index in [0.717, 1.165) is 0 Å². The molecular weight excluding hydrogens is 238 g/mol. The number of anilines is 1. The summed E-state index contributed by atoms with van der Waals surface area (Å²) in [5.41, 5.74) is 5.68. The van der Waals surface area contributed by atoms with Crippen LogP contribution in [-0.2, 0) is 16.1 Å². The van der Waals surface area contributed by atoms with Gasteiger partial charge in [-0.2, -0.15) is 10.4 Å². The molecule has 0 unspecified atom stereocenters. The van der Waals surface area contributed by atoms with Crippen LogP contribution < -0.4 is 11.1 Å². The fourth-order valence-corrected chi connectivity index (χ4v) is 1.23. The molecule has 1 aromatic rings. The van der Waals surface area contributed by atoms with E-state index in [-0.39, 0.29) is 36.8 Å². The number of aromatic nitrogens is 2. The molecule has 1 heterocycles. The predicted molar refractivity (Wildman–Crippen MR) is 61.2 cm³/mol. The van der Waals surface area contributed by atoms with Crippen LogP contribution >= 0.6 is 0 Å². The van der Waals surface area contributed by atoms with E-state index in [0.29, 0.717) is 0 Å². The Morgan fingerprint density at radius 3 is 3.00 bits per heavy atom. The van der Waals surface area contributed by atoms with Gasteiger partial charge in [0.15, 0.2) is 5.69 Å². The highest BCUT2D eigenvalue weighted by molar-refractivity contribution is 5.92. The lowest BCUT2D eigenvalue weighted by Crippen LogP contribution is -2.28. The third-order valence-corrected chi connectivity index (χ3v) is 2.03. The summed E-state index contributed by atoms with van der Waals surface area (Å²) in [6, 6.07) is 1.90. The summed E-state index contributed by atoms with van der Waals surface area (Å²) in [6.45, 7) is 0.197. The highest BCUT2D eigenvalue weighted by Gasteiger charge is 2.16. The van der Waals surface area contributed by atoms with E-state index < -0.39 is 5.97 Å². The van der Waals surface area contributed by atoms with Crippen molar-refractivity contribution < 1.29 is 14.3 Å². The van der Waals surface area contributed by atoms with Crippen LogP contribution in [0.25, 0.3) is 0 Å². The Labute approximate surface area is 103 Å². The molecule has 8 heteroatoms. The number of amides is 1. The highest BCUT2D eigenvalue weighted by atomic mass is 16.5. The maximum Gasteiger partial charge on any atom is 0.360 e. The van der Waals surface area contributed by atoms with E-state index in [2.05, 4.69) is 15.2 Å². The third-order valence-electron chi connectivity index (χ3n) is 2.03. The van der Waals surface area contributed by atoms with Crippen LogP contribution in [0, 0.1) is 11.3 Å². The number of carbonyl (C=O) groups excluding carboxylic acids is 2. The number of rotatable bonds is 5. The summed E-state index contributed by atoms with van der Waals surface area (Å²) in [4.78, 5) is 22.6. The average molecular weight is 251 g/mol. The van der Waals surface area contributed by atoms with E-state index >= 15 is 0 Å². The molecule has 18 heavy (non-hydrogen) atoms. The Bertz CT molecular complexity index is 488. The van der Waals surface area contributed by atoms with Gasteiger partial charge in [-0.3, -0.25) is 9.48 Å². The molecule has 3 N–H and O–H groups in total. The summed E-state index contributed by atoms with van der Waals surface area (Å²) in [7, 11) is 1.22. The topological polar surface area (TPSA) is 123 Å². The van der Waals surface area contributed by atoms with Crippen LogP contribution in [0.1, 0.15) is 16.9 Å². The molecule has 0 saturated carbocycles. The molecule has 1 amide bonds. The first-order chi connectivity index (χ1) is 8.58. The molecule has 0 aliphatic rings.